The van der Waals surface area contributed by atoms with Crippen LogP contribution in [0.1, 0.15) is 48.2 Å². The molecule has 1 aliphatic heterocycles. The lowest BCUT2D eigenvalue weighted by molar-refractivity contribution is -0.121. The van der Waals surface area contributed by atoms with Crippen molar-refractivity contribution in [3.8, 4) is 0 Å². The molecule has 32 heavy (non-hydrogen) atoms. The third-order valence-electron chi connectivity index (χ3n) is 5.67. The lowest BCUT2D eigenvalue weighted by Gasteiger charge is -2.27. The minimum Gasteiger partial charge on any atom is -0.357 e. The fourth-order valence-electron chi connectivity index (χ4n) is 3.92. The van der Waals surface area contributed by atoms with Crippen LogP contribution in [0.5, 0.6) is 0 Å². The molecule has 1 aliphatic rings. The Bertz CT molecular complexity index is 1070. The molecular weight excluding hydrogens is 402 g/mol. The number of ketones is 2. The van der Waals surface area contributed by atoms with Crippen LogP contribution >= 0.6 is 0 Å². The van der Waals surface area contributed by atoms with Gasteiger partial charge in [0.1, 0.15) is 5.78 Å². The minimum atomic E-state index is -0.702. The molecule has 0 aliphatic carbocycles. The number of hydrogen-bond acceptors (Lipinski definition) is 5. The summed E-state index contributed by atoms with van der Waals surface area (Å²) < 4.78 is 0. The highest BCUT2D eigenvalue weighted by Crippen LogP contribution is 2.37. The van der Waals surface area contributed by atoms with E-state index in [9.17, 15) is 14.4 Å². The first-order valence-electron chi connectivity index (χ1n) is 10.6. The summed E-state index contributed by atoms with van der Waals surface area (Å²) >= 11 is 0. The van der Waals surface area contributed by atoms with Gasteiger partial charge in [0.2, 0.25) is 0 Å². The highest BCUT2D eigenvalue weighted by molar-refractivity contribution is 6.12. The lowest BCUT2D eigenvalue weighted by Crippen LogP contribution is -2.40. The van der Waals surface area contributed by atoms with E-state index in [0.29, 0.717) is 23.6 Å². The number of carbonyl (C=O) groups is 3. The van der Waals surface area contributed by atoms with E-state index < -0.39 is 6.04 Å². The van der Waals surface area contributed by atoms with Crippen LogP contribution in [-0.2, 0) is 16.1 Å². The van der Waals surface area contributed by atoms with Crippen LogP contribution in [0.25, 0.3) is 5.70 Å². The van der Waals surface area contributed by atoms with Crippen LogP contribution in [-0.4, -0.2) is 40.4 Å². The topological polar surface area (TPSA) is 69.7 Å². The Hall–Kier alpha value is -3.67. The first-order valence-corrected chi connectivity index (χ1v) is 10.6. The van der Waals surface area contributed by atoms with Crippen LogP contribution in [0.2, 0.25) is 0 Å². The van der Waals surface area contributed by atoms with E-state index in [1.165, 1.54) is 18.7 Å². The van der Waals surface area contributed by atoms with Crippen molar-refractivity contribution in [3.05, 3.63) is 84.2 Å². The van der Waals surface area contributed by atoms with Crippen molar-refractivity contribution in [1.29, 1.82) is 0 Å². The van der Waals surface area contributed by atoms with E-state index >= 15 is 0 Å². The maximum Gasteiger partial charge on any atom is 0.259 e. The van der Waals surface area contributed by atoms with Crippen molar-refractivity contribution in [2.45, 2.75) is 39.3 Å². The molecule has 0 saturated heterocycles. The zero-order chi connectivity index (χ0) is 23.4. The summed E-state index contributed by atoms with van der Waals surface area (Å²) in [6, 6.07) is 14.7. The van der Waals surface area contributed by atoms with Crippen molar-refractivity contribution >= 4 is 28.9 Å². The second kappa shape index (κ2) is 9.64. The number of Topliss-reactive ketones (excluding diaryl/α,β-unsaturated/α-hetero) is 2. The number of hydrogen-bond donors (Lipinski definition) is 1. The average Bonchev–Trinajstić information content (AvgIpc) is 3.00. The van der Waals surface area contributed by atoms with Crippen LogP contribution in [0.4, 0.5) is 5.69 Å². The van der Waals surface area contributed by atoms with Gasteiger partial charge in [0.25, 0.3) is 5.91 Å². The van der Waals surface area contributed by atoms with Crippen LogP contribution in [0.3, 0.4) is 0 Å². The van der Waals surface area contributed by atoms with E-state index in [0.717, 1.165) is 16.8 Å². The number of para-hydroxylation sites is 1. The number of nitrogens with zero attached hydrogens (tertiary/aromatic N) is 2. The number of anilines is 1. The smallest absolute Gasteiger partial charge is 0.259 e. The number of carbonyl (C=O) groups excluding carboxylic acids is 3. The Labute approximate surface area is 189 Å². The van der Waals surface area contributed by atoms with Crippen molar-refractivity contribution in [2.75, 3.05) is 12.4 Å². The summed E-state index contributed by atoms with van der Waals surface area (Å²) in [6.45, 7) is 11.6. The van der Waals surface area contributed by atoms with E-state index in [4.69, 9.17) is 0 Å². The molecule has 0 bridgehead atoms. The number of rotatable bonds is 10. The summed E-state index contributed by atoms with van der Waals surface area (Å²) in [5.74, 6) is 0.266. The zero-order valence-corrected chi connectivity index (χ0v) is 18.9. The quantitative estimate of drug-likeness (QED) is 0.602. The summed E-state index contributed by atoms with van der Waals surface area (Å²) in [5, 5.41) is 3.26. The summed E-state index contributed by atoms with van der Waals surface area (Å²) in [7, 11) is 1.90. The Kier molecular flexibility index (Phi) is 6.93. The number of fused-ring (bicyclic) bond motifs is 1. The molecule has 1 unspecified atom stereocenters. The van der Waals surface area contributed by atoms with Gasteiger partial charge in [0, 0.05) is 37.0 Å². The summed E-state index contributed by atoms with van der Waals surface area (Å²) in [5.41, 5.74) is 3.51. The molecule has 1 atom stereocenters. The Morgan fingerprint density at radius 1 is 1.09 bits per heavy atom. The van der Waals surface area contributed by atoms with Gasteiger partial charge in [0.05, 0.1) is 17.4 Å². The highest BCUT2D eigenvalue weighted by Gasteiger charge is 2.39. The molecule has 1 amide bonds. The Morgan fingerprint density at radius 3 is 2.41 bits per heavy atom. The molecule has 0 aromatic heterocycles. The van der Waals surface area contributed by atoms with E-state index in [-0.39, 0.29) is 30.3 Å². The molecule has 1 heterocycles. The predicted molar refractivity (Wildman–Crippen MR) is 127 cm³/mol. The van der Waals surface area contributed by atoms with Gasteiger partial charge in [-0.15, -0.1) is 0 Å². The third-order valence-corrected chi connectivity index (χ3v) is 5.67. The molecule has 0 saturated carbocycles. The standard InChI is InChI=1S/C26H29N3O3/c1-17(30)14-15-24(19(3)31)29-18(2)23-13-9-10-21(25(23)26(29)32)16-28(5)20(4)27-22-11-7-6-8-12-22/h6-13,24,27H,2,4,14-16H2,1,3,5H3. The maximum absolute atomic E-state index is 13.4. The molecule has 0 fully saturated rings. The fraction of sp³-hybridized carbons (Fsp3) is 0.269. The minimum absolute atomic E-state index is 0.0160. The van der Waals surface area contributed by atoms with Gasteiger partial charge in [0.15, 0.2) is 5.78 Å². The fourth-order valence-corrected chi connectivity index (χ4v) is 3.92. The molecule has 166 valence electrons. The number of benzene rings is 2. The van der Waals surface area contributed by atoms with Gasteiger partial charge in [-0.25, -0.2) is 0 Å². The van der Waals surface area contributed by atoms with Gasteiger partial charge in [-0.1, -0.05) is 49.6 Å². The van der Waals surface area contributed by atoms with Crippen molar-refractivity contribution in [2.24, 2.45) is 0 Å². The maximum atomic E-state index is 13.4. The first kappa shape index (κ1) is 23.0. The largest absolute Gasteiger partial charge is 0.357 e. The Balaban J connectivity index is 1.83. The first-order chi connectivity index (χ1) is 15.2. The summed E-state index contributed by atoms with van der Waals surface area (Å²) in [4.78, 5) is 40.6. The molecule has 1 N–H and O–H groups in total. The molecule has 0 radical (unpaired) electrons. The van der Waals surface area contributed by atoms with Crippen molar-refractivity contribution in [1.82, 2.24) is 9.80 Å². The number of nitrogens with one attached hydrogen (secondary N) is 1. The van der Waals surface area contributed by atoms with Crippen LogP contribution < -0.4 is 5.32 Å². The van der Waals surface area contributed by atoms with Gasteiger partial charge < -0.3 is 15.0 Å². The van der Waals surface area contributed by atoms with Crippen molar-refractivity contribution in [3.63, 3.8) is 0 Å². The molecular formula is C26H29N3O3. The van der Waals surface area contributed by atoms with Gasteiger partial charge in [-0.2, -0.15) is 0 Å². The normalized spacial score (nSPS) is 13.5. The van der Waals surface area contributed by atoms with E-state index in [2.05, 4.69) is 18.5 Å². The zero-order valence-electron chi connectivity index (χ0n) is 18.9. The molecule has 2 aromatic rings. The van der Waals surface area contributed by atoms with E-state index in [1.807, 2.05) is 60.5 Å². The van der Waals surface area contributed by atoms with Crippen LogP contribution in [0.15, 0.2) is 67.5 Å². The summed E-state index contributed by atoms with van der Waals surface area (Å²) in [6.07, 6.45) is 0.522. The monoisotopic (exact) mass is 431 g/mol. The highest BCUT2D eigenvalue weighted by atomic mass is 16.2. The van der Waals surface area contributed by atoms with E-state index in [1.54, 1.807) is 0 Å². The van der Waals surface area contributed by atoms with Gasteiger partial charge in [-0.05, 0) is 38.0 Å². The Morgan fingerprint density at radius 2 is 1.78 bits per heavy atom. The third kappa shape index (κ3) is 4.80. The second-order valence-corrected chi connectivity index (χ2v) is 8.12. The number of amides is 1. The second-order valence-electron chi connectivity index (χ2n) is 8.12. The van der Waals surface area contributed by atoms with Crippen LogP contribution in [0, 0.1) is 0 Å². The predicted octanol–water partition coefficient (Wildman–Crippen LogP) is 4.46. The van der Waals surface area contributed by atoms with Gasteiger partial charge in [-0.3, -0.25) is 14.5 Å². The average molecular weight is 432 g/mol. The molecule has 0 spiro atoms. The molecule has 6 nitrogen and oxygen atoms in total. The molecule has 2 aromatic carbocycles. The lowest BCUT2D eigenvalue weighted by atomic mass is 10.0. The molecule has 3 rings (SSSR count). The van der Waals surface area contributed by atoms with Gasteiger partial charge >= 0.3 is 0 Å². The molecule has 6 heteroatoms. The van der Waals surface area contributed by atoms with Crippen molar-refractivity contribution < 1.29 is 14.4 Å². The SMILES string of the molecule is C=C(Nc1ccccc1)N(C)Cc1cccc2c1C(=O)N(C(CCC(C)=O)C(C)=O)C2=C.